The predicted molar refractivity (Wildman–Crippen MR) is 103 cm³/mol. The number of para-hydroxylation sites is 2. The van der Waals surface area contributed by atoms with Crippen LogP contribution in [0.4, 0.5) is 0 Å². The summed E-state index contributed by atoms with van der Waals surface area (Å²) in [5, 5.41) is 2.82. The van der Waals surface area contributed by atoms with Gasteiger partial charge in [0.05, 0.1) is 12.8 Å². The van der Waals surface area contributed by atoms with Gasteiger partial charge in [-0.15, -0.1) is 0 Å². The molecule has 0 aliphatic heterocycles. The lowest BCUT2D eigenvalue weighted by molar-refractivity contribution is 0.0949. The third-order valence-corrected chi connectivity index (χ3v) is 4.43. The van der Waals surface area contributed by atoms with Gasteiger partial charge >= 0.3 is 0 Å². The second kappa shape index (κ2) is 7.90. The minimum atomic E-state index is -0.389. The molecular formula is C20H22N4O3. The number of amides is 1. The lowest BCUT2D eigenvalue weighted by atomic mass is 10.1. The van der Waals surface area contributed by atoms with Crippen molar-refractivity contribution in [2.24, 2.45) is 0 Å². The van der Waals surface area contributed by atoms with E-state index in [4.69, 9.17) is 4.74 Å². The molecule has 7 heteroatoms. The highest BCUT2D eigenvalue weighted by atomic mass is 16.5. The molecule has 1 N–H and O–H groups in total. The highest BCUT2D eigenvalue weighted by Gasteiger charge is 2.17. The predicted octanol–water partition coefficient (Wildman–Crippen LogP) is 2.09. The van der Waals surface area contributed by atoms with Crippen molar-refractivity contribution in [3.63, 3.8) is 0 Å². The van der Waals surface area contributed by atoms with Crippen molar-refractivity contribution >= 4 is 5.91 Å². The third-order valence-electron chi connectivity index (χ3n) is 4.43. The highest BCUT2D eigenvalue weighted by molar-refractivity contribution is 5.95. The molecule has 140 valence electrons. The van der Waals surface area contributed by atoms with Gasteiger partial charge in [-0.1, -0.05) is 12.1 Å². The number of ether oxygens (including phenoxy) is 1. The van der Waals surface area contributed by atoms with Gasteiger partial charge in [0, 0.05) is 31.7 Å². The number of nitrogens with zero attached hydrogens (tertiary/aromatic N) is 3. The van der Waals surface area contributed by atoms with Crippen LogP contribution in [-0.2, 0) is 6.54 Å². The van der Waals surface area contributed by atoms with E-state index in [2.05, 4.69) is 10.3 Å². The third kappa shape index (κ3) is 3.76. The Morgan fingerprint density at radius 2 is 1.96 bits per heavy atom. The molecule has 27 heavy (non-hydrogen) atoms. The SMILES string of the molecule is COc1ccccc1-n1ccc(C)c(C(=O)NCCn2ccnc2C)c1=O. The number of methoxy groups -OCH3 is 1. The Labute approximate surface area is 157 Å². The fourth-order valence-electron chi connectivity index (χ4n) is 2.94. The minimum Gasteiger partial charge on any atom is -0.495 e. The fourth-order valence-corrected chi connectivity index (χ4v) is 2.94. The number of aryl methyl sites for hydroxylation is 2. The first-order chi connectivity index (χ1) is 13.0. The van der Waals surface area contributed by atoms with Crippen molar-refractivity contribution in [2.75, 3.05) is 13.7 Å². The lowest BCUT2D eigenvalue weighted by Gasteiger charge is -2.14. The average molecular weight is 366 g/mol. The molecule has 0 aliphatic rings. The summed E-state index contributed by atoms with van der Waals surface area (Å²) in [4.78, 5) is 29.8. The van der Waals surface area contributed by atoms with Crippen LogP contribution < -0.4 is 15.6 Å². The zero-order valence-corrected chi connectivity index (χ0v) is 15.6. The molecule has 0 spiro atoms. The van der Waals surface area contributed by atoms with E-state index in [1.807, 2.05) is 29.8 Å². The maximum Gasteiger partial charge on any atom is 0.268 e. The number of carbonyl (C=O) groups excluding carboxylic acids is 1. The molecule has 0 saturated carbocycles. The molecule has 0 saturated heterocycles. The minimum absolute atomic E-state index is 0.130. The van der Waals surface area contributed by atoms with Gasteiger partial charge in [-0.25, -0.2) is 4.98 Å². The summed E-state index contributed by atoms with van der Waals surface area (Å²) in [6.07, 6.45) is 5.22. The fraction of sp³-hybridized carbons (Fsp3) is 0.250. The number of rotatable bonds is 6. The second-order valence-corrected chi connectivity index (χ2v) is 6.14. The standard InChI is InChI=1S/C20H22N4O3/c1-14-8-11-24(16-6-4-5-7-17(16)27-3)20(26)18(14)19(25)22-10-13-23-12-9-21-15(23)2/h4-9,11-12H,10,13H2,1-3H3,(H,22,25). The molecule has 1 amide bonds. The van der Waals surface area contributed by atoms with E-state index in [0.29, 0.717) is 30.1 Å². The average Bonchev–Trinajstić information content (AvgIpc) is 3.07. The molecule has 2 aromatic heterocycles. The number of imidazole rings is 1. The Morgan fingerprint density at radius 1 is 1.19 bits per heavy atom. The number of hydrogen-bond donors (Lipinski definition) is 1. The van der Waals surface area contributed by atoms with Crippen LogP contribution in [-0.4, -0.2) is 33.7 Å². The molecule has 7 nitrogen and oxygen atoms in total. The van der Waals surface area contributed by atoms with Crippen molar-refractivity contribution in [1.29, 1.82) is 0 Å². The van der Waals surface area contributed by atoms with Crippen molar-refractivity contribution in [3.8, 4) is 11.4 Å². The number of aromatic nitrogens is 3. The number of hydrogen-bond acceptors (Lipinski definition) is 4. The maximum atomic E-state index is 13.0. The molecule has 0 atom stereocenters. The maximum absolute atomic E-state index is 13.0. The zero-order valence-electron chi connectivity index (χ0n) is 15.6. The van der Waals surface area contributed by atoms with Gasteiger partial charge in [0.25, 0.3) is 11.5 Å². The van der Waals surface area contributed by atoms with E-state index in [1.165, 1.54) is 4.57 Å². The number of pyridine rings is 1. The Hall–Kier alpha value is -3.35. The lowest BCUT2D eigenvalue weighted by Crippen LogP contribution is -2.35. The van der Waals surface area contributed by atoms with Crippen molar-refractivity contribution in [2.45, 2.75) is 20.4 Å². The van der Waals surface area contributed by atoms with Crippen LogP contribution in [0, 0.1) is 13.8 Å². The molecule has 1 aromatic carbocycles. The second-order valence-electron chi connectivity index (χ2n) is 6.14. The van der Waals surface area contributed by atoms with Crippen LogP contribution in [0.2, 0.25) is 0 Å². The van der Waals surface area contributed by atoms with Gasteiger partial charge in [-0.3, -0.25) is 14.2 Å². The van der Waals surface area contributed by atoms with Crippen LogP contribution in [0.25, 0.3) is 5.69 Å². The van der Waals surface area contributed by atoms with E-state index in [-0.39, 0.29) is 17.0 Å². The number of benzene rings is 1. The first kappa shape index (κ1) is 18.4. The molecule has 0 bridgehead atoms. The normalized spacial score (nSPS) is 10.6. The molecule has 0 aliphatic carbocycles. The monoisotopic (exact) mass is 366 g/mol. The molecule has 3 aromatic rings. The van der Waals surface area contributed by atoms with Crippen LogP contribution in [0.3, 0.4) is 0 Å². The Morgan fingerprint density at radius 3 is 2.67 bits per heavy atom. The van der Waals surface area contributed by atoms with E-state index < -0.39 is 0 Å². The zero-order chi connectivity index (χ0) is 19.4. The summed E-state index contributed by atoms with van der Waals surface area (Å²) < 4.78 is 8.70. The van der Waals surface area contributed by atoms with Gasteiger partial charge in [0.1, 0.15) is 17.1 Å². The largest absolute Gasteiger partial charge is 0.495 e. The molecule has 3 rings (SSSR count). The van der Waals surface area contributed by atoms with Crippen molar-refractivity contribution in [3.05, 3.63) is 76.2 Å². The van der Waals surface area contributed by atoms with E-state index >= 15 is 0 Å². The highest BCUT2D eigenvalue weighted by Crippen LogP contribution is 2.21. The first-order valence-electron chi connectivity index (χ1n) is 8.64. The first-order valence-corrected chi connectivity index (χ1v) is 8.64. The van der Waals surface area contributed by atoms with Crippen molar-refractivity contribution in [1.82, 2.24) is 19.4 Å². The van der Waals surface area contributed by atoms with Crippen LogP contribution in [0.1, 0.15) is 21.7 Å². The summed E-state index contributed by atoms with van der Waals surface area (Å²) in [5.41, 5.74) is 0.970. The van der Waals surface area contributed by atoms with E-state index in [9.17, 15) is 9.59 Å². The van der Waals surface area contributed by atoms with Crippen LogP contribution >= 0.6 is 0 Å². The topological polar surface area (TPSA) is 78.2 Å². The van der Waals surface area contributed by atoms with Crippen LogP contribution in [0.15, 0.2) is 53.7 Å². The number of nitrogens with one attached hydrogen (secondary N) is 1. The Bertz CT molecular complexity index is 1020. The molecular weight excluding hydrogens is 344 g/mol. The molecule has 0 fully saturated rings. The van der Waals surface area contributed by atoms with Gasteiger partial charge in [-0.2, -0.15) is 0 Å². The summed E-state index contributed by atoms with van der Waals surface area (Å²) in [6.45, 7) is 4.64. The van der Waals surface area contributed by atoms with Crippen molar-refractivity contribution < 1.29 is 9.53 Å². The van der Waals surface area contributed by atoms with Gasteiger partial charge in [-0.05, 0) is 37.6 Å². The molecule has 2 heterocycles. The van der Waals surface area contributed by atoms with E-state index in [0.717, 1.165) is 5.82 Å². The summed E-state index contributed by atoms with van der Waals surface area (Å²) >= 11 is 0. The van der Waals surface area contributed by atoms with Gasteiger partial charge in [0.15, 0.2) is 0 Å². The smallest absolute Gasteiger partial charge is 0.268 e. The molecule has 0 radical (unpaired) electrons. The van der Waals surface area contributed by atoms with E-state index in [1.54, 1.807) is 44.6 Å². The van der Waals surface area contributed by atoms with Gasteiger partial charge < -0.3 is 14.6 Å². The summed E-state index contributed by atoms with van der Waals surface area (Å²) in [5.74, 6) is 1.04. The quantitative estimate of drug-likeness (QED) is 0.725. The molecule has 0 unspecified atom stereocenters. The Kier molecular flexibility index (Phi) is 5.40. The van der Waals surface area contributed by atoms with Gasteiger partial charge in [0.2, 0.25) is 0 Å². The number of carbonyl (C=O) groups is 1. The Balaban J connectivity index is 1.86. The summed E-state index contributed by atoms with van der Waals surface area (Å²) in [7, 11) is 1.55. The summed E-state index contributed by atoms with van der Waals surface area (Å²) in [6, 6.07) is 8.95. The van der Waals surface area contributed by atoms with Crippen LogP contribution in [0.5, 0.6) is 5.75 Å².